The molecule has 1 N–H and O–H groups in total. The molecule has 0 aliphatic carbocycles. The number of anilines is 1. The largest absolute Gasteiger partial charge is 0.497 e. The Balaban J connectivity index is 2.18. The lowest BCUT2D eigenvalue weighted by Crippen LogP contribution is -2.13. The van der Waals surface area contributed by atoms with Gasteiger partial charge in [-0.25, -0.2) is 4.98 Å². The molecule has 0 bridgehead atoms. The van der Waals surface area contributed by atoms with E-state index < -0.39 is 0 Å². The fraction of sp³-hybridized carbons (Fsp3) is 0.333. The van der Waals surface area contributed by atoms with Gasteiger partial charge in [0.05, 0.1) is 24.9 Å². The van der Waals surface area contributed by atoms with Crippen molar-refractivity contribution in [1.29, 1.82) is 0 Å². The van der Waals surface area contributed by atoms with Crippen LogP contribution < -0.4 is 14.8 Å². The monoisotopic (exact) mass is 306 g/mol. The topological polar surface area (TPSA) is 60.5 Å². The maximum absolute atomic E-state index is 12.2. The van der Waals surface area contributed by atoms with Crippen LogP contribution in [0.5, 0.6) is 11.5 Å². The molecule has 2 rings (SSSR count). The molecule has 0 fully saturated rings. The number of nitrogens with one attached hydrogen (secondary N) is 1. The molecule has 0 spiro atoms. The molecule has 0 saturated heterocycles. The molecule has 1 aromatic carbocycles. The van der Waals surface area contributed by atoms with Gasteiger partial charge in [0.25, 0.3) is 5.91 Å². The lowest BCUT2D eigenvalue weighted by molar-refractivity contribution is 0.102. The second-order valence-electron chi connectivity index (χ2n) is 4.75. The number of thiazole rings is 1. The van der Waals surface area contributed by atoms with Crippen LogP contribution in [0.15, 0.2) is 23.6 Å². The first-order valence-corrected chi connectivity index (χ1v) is 7.42. The number of nitrogens with zero attached hydrogens (tertiary/aromatic N) is 1. The van der Waals surface area contributed by atoms with Gasteiger partial charge in [-0.05, 0) is 12.1 Å². The zero-order valence-electron chi connectivity index (χ0n) is 12.5. The predicted molar refractivity (Wildman–Crippen MR) is 83.7 cm³/mol. The van der Waals surface area contributed by atoms with Crippen LogP contribution in [-0.4, -0.2) is 25.1 Å². The molecule has 0 unspecified atom stereocenters. The Morgan fingerprint density at radius 2 is 2.05 bits per heavy atom. The Bertz CT molecular complexity index is 638. The van der Waals surface area contributed by atoms with Crippen LogP contribution in [0.25, 0.3) is 0 Å². The zero-order valence-corrected chi connectivity index (χ0v) is 13.3. The molecule has 1 amide bonds. The maximum Gasteiger partial charge on any atom is 0.275 e. The molecule has 0 aliphatic rings. The van der Waals surface area contributed by atoms with Gasteiger partial charge >= 0.3 is 0 Å². The lowest BCUT2D eigenvalue weighted by Gasteiger charge is -2.10. The summed E-state index contributed by atoms with van der Waals surface area (Å²) in [6.45, 7) is 4.10. The van der Waals surface area contributed by atoms with Crippen molar-refractivity contribution in [2.45, 2.75) is 19.8 Å². The minimum atomic E-state index is -0.249. The number of carbonyl (C=O) groups excluding carboxylic acids is 1. The predicted octanol–water partition coefficient (Wildman–Crippen LogP) is 3.54. The van der Waals surface area contributed by atoms with Gasteiger partial charge in [0, 0.05) is 17.4 Å². The Morgan fingerprint density at radius 1 is 1.29 bits per heavy atom. The van der Waals surface area contributed by atoms with Gasteiger partial charge in [0.15, 0.2) is 0 Å². The first-order valence-electron chi connectivity index (χ1n) is 6.54. The number of methoxy groups -OCH3 is 2. The van der Waals surface area contributed by atoms with Gasteiger partial charge in [0.1, 0.15) is 17.2 Å². The summed E-state index contributed by atoms with van der Waals surface area (Å²) in [5, 5.41) is 5.52. The molecule has 0 atom stereocenters. The molecular formula is C15H18N2O3S. The zero-order chi connectivity index (χ0) is 15.4. The van der Waals surface area contributed by atoms with Crippen molar-refractivity contribution < 1.29 is 14.3 Å². The van der Waals surface area contributed by atoms with Gasteiger partial charge in [-0.1, -0.05) is 13.8 Å². The van der Waals surface area contributed by atoms with Crippen molar-refractivity contribution in [3.63, 3.8) is 0 Å². The normalized spacial score (nSPS) is 10.5. The van der Waals surface area contributed by atoms with E-state index in [4.69, 9.17) is 9.47 Å². The molecule has 2 aromatic rings. The highest BCUT2D eigenvalue weighted by Gasteiger charge is 2.15. The fourth-order valence-corrected chi connectivity index (χ4v) is 2.56. The average Bonchev–Trinajstić information content (AvgIpc) is 2.97. The summed E-state index contributed by atoms with van der Waals surface area (Å²) in [7, 11) is 3.12. The Kier molecular flexibility index (Phi) is 4.80. The highest BCUT2D eigenvalue weighted by atomic mass is 32.1. The van der Waals surface area contributed by atoms with E-state index in [9.17, 15) is 4.79 Å². The van der Waals surface area contributed by atoms with Crippen LogP contribution in [0.3, 0.4) is 0 Å². The summed E-state index contributed by atoms with van der Waals surface area (Å²) >= 11 is 1.49. The fourth-order valence-electron chi connectivity index (χ4n) is 1.75. The number of amides is 1. The molecule has 112 valence electrons. The summed E-state index contributed by atoms with van der Waals surface area (Å²) in [5.74, 6) is 1.27. The van der Waals surface area contributed by atoms with E-state index in [0.717, 1.165) is 5.01 Å². The van der Waals surface area contributed by atoms with Gasteiger partial charge in [-0.15, -0.1) is 11.3 Å². The number of hydrogen-bond acceptors (Lipinski definition) is 5. The molecule has 0 saturated carbocycles. The number of carbonyl (C=O) groups is 1. The first kappa shape index (κ1) is 15.3. The van der Waals surface area contributed by atoms with Crippen molar-refractivity contribution in [3.05, 3.63) is 34.3 Å². The minimum Gasteiger partial charge on any atom is -0.497 e. The van der Waals surface area contributed by atoms with Gasteiger partial charge in [-0.2, -0.15) is 0 Å². The first-order chi connectivity index (χ1) is 10.0. The molecule has 0 aliphatic heterocycles. The SMILES string of the molecule is COc1ccc(NC(=O)c2csc(C(C)C)n2)c(OC)c1. The van der Waals surface area contributed by atoms with E-state index in [1.165, 1.54) is 11.3 Å². The summed E-state index contributed by atoms with van der Waals surface area (Å²) < 4.78 is 10.4. The minimum absolute atomic E-state index is 0.249. The molecule has 1 heterocycles. The number of aromatic nitrogens is 1. The Labute approximate surface area is 127 Å². The average molecular weight is 306 g/mol. The van der Waals surface area contributed by atoms with Crippen LogP contribution in [0, 0.1) is 0 Å². The number of hydrogen-bond donors (Lipinski definition) is 1. The quantitative estimate of drug-likeness (QED) is 0.918. The van der Waals surface area contributed by atoms with Crippen molar-refractivity contribution in [1.82, 2.24) is 4.98 Å². The van der Waals surface area contributed by atoms with Crippen LogP contribution in [0.2, 0.25) is 0 Å². The van der Waals surface area contributed by atoms with Crippen LogP contribution in [-0.2, 0) is 0 Å². The number of rotatable bonds is 5. The standard InChI is InChI=1S/C15H18N2O3S/c1-9(2)15-17-12(8-21-15)14(18)16-11-6-5-10(19-3)7-13(11)20-4/h5-9H,1-4H3,(H,16,18). The smallest absolute Gasteiger partial charge is 0.275 e. The van der Waals surface area contributed by atoms with E-state index >= 15 is 0 Å². The third kappa shape index (κ3) is 3.52. The van der Waals surface area contributed by atoms with Crippen LogP contribution in [0.4, 0.5) is 5.69 Å². The maximum atomic E-state index is 12.2. The van der Waals surface area contributed by atoms with Gasteiger partial charge in [0.2, 0.25) is 0 Å². The van der Waals surface area contributed by atoms with Crippen molar-refractivity contribution in [3.8, 4) is 11.5 Å². The van der Waals surface area contributed by atoms with Gasteiger partial charge in [-0.3, -0.25) is 4.79 Å². The van der Waals surface area contributed by atoms with E-state index in [-0.39, 0.29) is 5.91 Å². The number of ether oxygens (including phenoxy) is 2. The highest BCUT2D eigenvalue weighted by Crippen LogP contribution is 2.29. The molecular weight excluding hydrogens is 288 g/mol. The summed E-state index contributed by atoms with van der Waals surface area (Å²) in [6.07, 6.45) is 0. The molecule has 0 radical (unpaired) electrons. The Hall–Kier alpha value is -2.08. The second-order valence-corrected chi connectivity index (χ2v) is 5.64. The third-order valence-corrected chi connectivity index (χ3v) is 4.05. The molecule has 21 heavy (non-hydrogen) atoms. The van der Waals surface area contributed by atoms with Crippen LogP contribution in [0.1, 0.15) is 35.3 Å². The van der Waals surface area contributed by atoms with Crippen molar-refractivity contribution in [2.75, 3.05) is 19.5 Å². The van der Waals surface area contributed by atoms with E-state index in [1.807, 2.05) is 13.8 Å². The highest BCUT2D eigenvalue weighted by molar-refractivity contribution is 7.09. The lowest BCUT2D eigenvalue weighted by atomic mass is 10.2. The second kappa shape index (κ2) is 6.58. The molecule has 1 aromatic heterocycles. The molecule has 5 nitrogen and oxygen atoms in total. The Morgan fingerprint density at radius 3 is 2.62 bits per heavy atom. The van der Waals surface area contributed by atoms with E-state index in [0.29, 0.717) is 28.8 Å². The summed E-state index contributed by atoms with van der Waals surface area (Å²) in [4.78, 5) is 16.6. The number of benzene rings is 1. The van der Waals surface area contributed by atoms with Crippen molar-refractivity contribution >= 4 is 22.9 Å². The van der Waals surface area contributed by atoms with Crippen molar-refractivity contribution in [2.24, 2.45) is 0 Å². The van der Waals surface area contributed by atoms with E-state index in [1.54, 1.807) is 37.8 Å². The van der Waals surface area contributed by atoms with E-state index in [2.05, 4.69) is 10.3 Å². The van der Waals surface area contributed by atoms with Gasteiger partial charge < -0.3 is 14.8 Å². The third-order valence-electron chi connectivity index (χ3n) is 2.91. The van der Waals surface area contributed by atoms with Crippen LogP contribution >= 0.6 is 11.3 Å². The molecule has 6 heteroatoms. The summed E-state index contributed by atoms with van der Waals surface area (Å²) in [6, 6.07) is 5.22. The summed E-state index contributed by atoms with van der Waals surface area (Å²) in [5.41, 5.74) is 1.00.